The summed E-state index contributed by atoms with van der Waals surface area (Å²) in [5, 5.41) is 27.1. The summed E-state index contributed by atoms with van der Waals surface area (Å²) in [4.78, 5) is 4.79. The number of aromatic nitrogens is 3. The predicted molar refractivity (Wildman–Crippen MR) is 93.9 cm³/mol. The highest BCUT2D eigenvalue weighted by molar-refractivity contribution is 5.56. The largest absolute Gasteiger partial charge is 0.393 e. The van der Waals surface area contributed by atoms with Crippen molar-refractivity contribution >= 4 is 5.82 Å². The number of aliphatic hydroxyl groups excluding tert-OH is 1. The molecule has 6 heteroatoms. The topological polar surface area (TPSA) is 86.8 Å². The van der Waals surface area contributed by atoms with Crippen LogP contribution in [0.4, 0.5) is 5.82 Å². The van der Waals surface area contributed by atoms with Crippen LogP contribution in [0.2, 0.25) is 0 Å². The lowest BCUT2D eigenvalue weighted by Crippen LogP contribution is -2.36. The summed E-state index contributed by atoms with van der Waals surface area (Å²) in [6.07, 6.45) is 9.47. The van der Waals surface area contributed by atoms with Gasteiger partial charge in [-0.25, -0.2) is 4.98 Å². The van der Waals surface area contributed by atoms with Gasteiger partial charge in [0, 0.05) is 24.5 Å². The summed E-state index contributed by atoms with van der Waals surface area (Å²) in [6.45, 7) is 0. The van der Waals surface area contributed by atoms with Crippen LogP contribution in [0.1, 0.15) is 54.1 Å². The number of aliphatic hydroxyl groups is 1. The molecule has 2 heterocycles. The van der Waals surface area contributed by atoms with E-state index >= 15 is 0 Å². The van der Waals surface area contributed by atoms with Crippen LogP contribution in [0, 0.1) is 17.2 Å². The third kappa shape index (κ3) is 3.12. The van der Waals surface area contributed by atoms with Crippen LogP contribution in [0.25, 0.3) is 0 Å². The molecule has 1 atom stereocenters. The Morgan fingerprint density at radius 2 is 2.16 bits per heavy atom. The van der Waals surface area contributed by atoms with Crippen LogP contribution in [-0.2, 0) is 19.9 Å². The second-order valence-electron chi connectivity index (χ2n) is 7.26. The fourth-order valence-electron chi connectivity index (χ4n) is 3.95. The Bertz CT molecular complexity index is 816. The van der Waals surface area contributed by atoms with E-state index in [0.29, 0.717) is 17.3 Å². The van der Waals surface area contributed by atoms with Crippen molar-refractivity contribution < 1.29 is 5.11 Å². The number of nitrogens with zero attached hydrogens (tertiary/aromatic N) is 4. The summed E-state index contributed by atoms with van der Waals surface area (Å²) in [5.74, 6) is 0.988. The summed E-state index contributed by atoms with van der Waals surface area (Å²) < 4.78 is 1.78. The maximum absolute atomic E-state index is 9.73. The fourth-order valence-corrected chi connectivity index (χ4v) is 3.95. The highest BCUT2D eigenvalue weighted by Crippen LogP contribution is 2.40. The van der Waals surface area contributed by atoms with Gasteiger partial charge >= 0.3 is 0 Å². The third-order valence-corrected chi connectivity index (χ3v) is 5.42. The molecule has 0 radical (unpaired) electrons. The molecule has 2 N–H and O–H groups in total. The van der Waals surface area contributed by atoms with E-state index in [1.165, 1.54) is 12.0 Å². The van der Waals surface area contributed by atoms with E-state index in [-0.39, 0.29) is 12.1 Å². The minimum absolute atomic E-state index is 0.0124. The highest BCUT2D eigenvalue weighted by atomic mass is 16.3. The number of pyridine rings is 1. The Morgan fingerprint density at radius 1 is 1.36 bits per heavy atom. The number of rotatable bonds is 4. The molecule has 0 aromatic carbocycles. The van der Waals surface area contributed by atoms with Crippen molar-refractivity contribution in [1.82, 2.24) is 14.8 Å². The van der Waals surface area contributed by atoms with E-state index in [0.717, 1.165) is 43.4 Å². The second-order valence-corrected chi connectivity index (χ2v) is 7.26. The van der Waals surface area contributed by atoms with Crippen LogP contribution in [0.5, 0.6) is 0 Å². The molecule has 0 saturated heterocycles. The predicted octanol–water partition coefficient (Wildman–Crippen LogP) is 2.49. The SMILES string of the molecule is Cn1cc([C@@H](Nc2nc3c(cc2C#N)CCCC3)C2CC(O)C2)cn1. The first-order valence-electron chi connectivity index (χ1n) is 9.00. The standard InChI is InChI=1S/C19H23N5O/c1-24-11-15(10-21-24)18(13-7-16(25)8-13)23-19-14(9-20)6-12-4-2-3-5-17(12)22-19/h6,10-11,13,16,18,25H,2-5,7-8H2,1H3,(H,22,23)/t13?,16?,18-/m0/s1. The number of hydrogen-bond donors (Lipinski definition) is 2. The van der Waals surface area contributed by atoms with Gasteiger partial charge in [0.15, 0.2) is 0 Å². The number of nitriles is 1. The number of nitrogens with one attached hydrogen (secondary N) is 1. The van der Waals surface area contributed by atoms with Crippen LogP contribution >= 0.6 is 0 Å². The normalized spacial score (nSPS) is 23.2. The molecule has 2 aliphatic rings. The van der Waals surface area contributed by atoms with Crippen LogP contribution in [0.3, 0.4) is 0 Å². The maximum atomic E-state index is 9.73. The van der Waals surface area contributed by atoms with E-state index in [1.54, 1.807) is 4.68 Å². The summed E-state index contributed by atoms with van der Waals surface area (Å²) in [7, 11) is 1.90. The lowest BCUT2D eigenvalue weighted by Gasteiger charge is -2.38. The molecule has 0 bridgehead atoms. The average molecular weight is 337 g/mol. The zero-order valence-electron chi connectivity index (χ0n) is 14.4. The molecule has 25 heavy (non-hydrogen) atoms. The first kappa shape index (κ1) is 16.1. The minimum Gasteiger partial charge on any atom is -0.393 e. The number of fused-ring (bicyclic) bond motifs is 1. The van der Waals surface area contributed by atoms with E-state index < -0.39 is 0 Å². The third-order valence-electron chi connectivity index (χ3n) is 5.42. The van der Waals surface area contributed by atoms with Gasteiger partial charge in [0.05, 0.1) is 23.9 Å². The average Bonchev–Trinajstić information content (AvgIpc) is 3.02. The maximum Gasteiger partial charge on any atom is 0.144 e. The Kier molecular flexibility index (Phi) is 4.18. The zero-order chi connectivity index (χ0) is 17.4. The van der Waals surface area contributed by atoms with Crippen LogP contribution in [0.15, 0.2) is 18.5 Å². The summed E-state index contributed by atoms with van der Waals surface area (Å²) in [5.41, 5.74) is 4.01. The van der Waals surface area contributed by atoms with Crippen molar-refractivity contribution in [2.24, 2.45) is 13.0 Å². The summed E-state index contributed by atoms with van der Waals surface area (Å²) >= 11 is 0. The molecule has 0 unspecified atom stereocenters. The molecule has 6 nitrogen and oxygen atoms in total. The molecule has 1 fully saturated rings. The number of hydrogen-bond acceptors (Lipinski definition) is 5. The van der Waals surface area contributed by atoms with Gasteiger partial charge in [0.1, 0.15) is 11.9 Å². The van der Waals surface area contributed by atoms with Crippen molar-refractivity contribution in [2.75, 3.05) is 5.32 Å². The molecule has 0 aliphatic heterocycles. The van der Waals surface area contributed by atoms with E-state index in [2.05, 4.69) is 16.5 Å². The van der Waals surface area contributed by atoms with E-state index in [1.807, 2.05) is 25.5 Å². The fraction of sp³-hybridized carbons (Fsp3) is 0.526. The van der Waals surface area contributed by atoms with E-state index in [4.69, 9.17) is 4.98 Å². The Labute approximate surface area is 147 Å². The van der Waals surface area contributed by atoms with Gasteiger partial charge in [0.2, 0.25) is 0 Å². The molecule has 130 valence electrons. The highest BCUT2D eigenvalue weighted by Gasteiger charge is 2.36. The van der Waals surface area contributed by atoms with Crippen molar-refractivity contribution in [1.29, 1.82) is 5.26 Å². The Balaban J connectivity index is 1.66. The first-order valence-corrected chi connectivity index (χ1v) is 9.00. The van der Waals surface area contributed by atoms with Gasteiger partial charge in [0.25, 0.3) is 0 Å². The van der Waals surface area contributed by atoms with Gasteiger partial charge in [-0.05, 0) is 56.1 Å². The van der Waals surface area contributed by atoms with Gasteiger partial charge in [-0.3, -0.25) is 4.68 Å². The van der Waals surface area contributed by atoms with Crippen molar-refractivity contribution in [3.63, 3.8) is 0 Å². The van der Waals surface area contributed by atoms with Crippen LogP contribution in [-0.4, -0.2) is 26.0 Å². The van der Waals surface area contributed by atoms with Crippen molar-refractivity contribution in [3.8, 4) is 6.07 Å². The lowest BCUT2D eigenvalue weighted by atomic mass is 9.75. The number of anilines is 1. The molecule has 2 aromatic heterocycles. The van der Waals surface area contributed by atoms with Crippen LogP contribution < -0.4 is 5.32 Å². The smallest absolute Gasteiger partial charge is 0.144 e. The van der Waals surface area contributed by atoms with Crippen molar-refractivity contribution in [3.05, 3.63) is 40.8 Å². The van der Waals surface area contributed by atoms with Gasteiger partial charge in [-0.15, -0.1) is 0 Å². The van der Waals surface area contributed by atoms with Gasteiger partial charge in [-0.2, -0.15) is 10.4 Å². The molecule has 0 spiro atoms. The molecule has 0 amide bonds. The lowest BCUT2D eigenvalue weighted by molar-refractivity contribution is 0.0339. The molecular formula is C19H23N5O. The number of aryl methyl sites for hydroxylation is 3. The second kappa shape index (κ2) is 6.49. The molecule has 4 rings (SSSR count). The Morgan fingerprint density at radius 3 is 2.84 bits per heavy atom. The van der Waals surface area contributed by atoms with E-state index in [9.17, 15) is 10.4 Å². The van der Waals surface area contributed by atoms with Gasteiger partial charge < -0.3 is 10.4 Å². The molecular weight excluding hydrogens is 314 g/mol. The monoisotopic (exact) mass is 337 g/mol. The van der Waals surface area contributed by atoms with Gasteiger partial charge in [-0.1, -0.05) is 0 Å². The first-order chi connectivity index (χ1) is 12.1. The summed E-state index contributed by atoms with van der Waals surface area (Å²) in [6, 6.07) is 4.31. The molecule has 2 aromatic rings. The molecule has 1 saturated carbocycles. The molecule has 2 aliphatic carbocycles. The minimum atomic E-state index is -0.224. The zero-order valence-corrected chi connectivity index (χ0v) is 14.4. The Hall–Kier alpha value is -2.39. The quantitative estimate of drug-likeness (QED) is 0.895. The van der Waals surface area contributed by atoms with Crippen molar-refractivity contribution in [2.45, 2.75) is 50.7 Å².